The third-order valence-corrected chi connectivity index (χ3v) is 6.43. The van der Waals surface area contributed by atoms with Crippen LogP contribution in [0.15, 0.2) is 42.6 Å². The lowest BCUT2D eigenvalue weighted by Gasteiger charge is -2.30. The van der Waals surface area contributed by atoms with Crippen molar-refractivity contribution in [3.8, 4) is 11.3 Å². The van der Waals surface area contributed by atoms with E-state index >= 15 is 0 Å². The van der Waals surface area contributed by atoms with Gasteiger partial charge in [-0.15, -0.1) is 0 Å². The maximum atomic E-state index is 13.5. The molecule has 1 aromatic carbocycles. The van der Waals surface area contributed by atoms with E-state index < -0.39 is 12.0 Å². The fourth-order valence-corrected chi connectivity index (χ4v) is 4.78. The number of pyridine rings is 1. The molecule has 1 amide bonds. The molecule has 35 heavy (non-hydrogen) atoms. The molecule has 2 heterocycles. The molecule has 0 bridgehead atoms. The average Bonchev–Trinajstić information content (AvgIpc) is 3.15. The summed E-state index contributed by atoms with van der Waals surface area (Å²) in [6.45, 7) is 6.11. The van der Waals surface area contributed by atoms with Crippen molar-refractivity contribution in [3.05, 3.63) is 54.0 Å². The van der Waals surface area contributed by atoms with Crippen LogP contribution < -0.4 is 10.6 Å². The first-order chi connectivity index (χ1) is 16.6. The van der Waals surface area contributed by atoms with Gasteiger partial charge in [-0.2, -0.15) is 0 Å². The predicted octanol–water partition coefficient (Wildman–Crippen LogP) is 5.50. The SMILES string of the molecule is CC(C)(C)Nc1c(-c2ccc(F)cc2)nc2cc(C(=O)NC(CC(=O)O)C3CCCCC3)ccn12. The number of fused-ring (bicyclic) bond motifs is 1. The number of imidazole rings is 1. The molecule has 1 atom stereocenters. The number of carboxylic acid groups (broad SMARTS) is 1. The van der Waals surface area contributed by atoms with Crippen molar-refractivity contribution in [2.45, 2.75) is 70.9 Å². The van der Waals surface area contributed by atoms with Gasteiger partial charge in [0.1, 0.15) is 23.0 Å². The Balaban J connectivity index is 1.66. The van der Waals surface area contributed by atoms with Gasteiger partial charge in [-0.05, 0) is 75.9 Å². The molecule has 0 spiro atoms. The summed E-state index contributed by atoms with van der Waals surface area (Å²) in [5, 5.41) is 15.9. The van der Waals surface area contributed by atoms with E-state index in [4.69, 9.17) is 4.98 Å². The van der Waals surface area contributed by atoms with Gasteiger partial charge in [0, 0.05) is 28.9 Å². The van der Waals surface area contributed by atoms with Crippen LogP contribution in [0.5, 0.6) is 0 Å². The molecular formula is C27H33FN4O3. The number of amides is 1. The summed E-state index contributed by atoms with van der Waals surface area (Å²) < 4.78 is 15.4. The number of carboxylic acids is 1. The van der Waals surface area contributed by atoms with Crippen molar-refractivity contribution in [1.82, 2.24) is 14.7 Å². The number of aliphatic carboxylic acids is 1. The van der Waals surface area contributed by atoms with Crippen molar-refractivity contribution >= 4 is 23.3 Å². The van der Waals surface area contributed by atoms with E-state index in [2.05, 4.69) is 10.6 Å². The van der Waals surface area contributed by atoms with Crippen LogP contribution in [0.25, 0.3) is 16.9 Å². The standard InChI is InChI=1S/C27H33FN4O3/c1-27(2,3)31-25-24(18-9-11-20(28)12-10-18)30-22-15-19(13-14-32(22)25)26(35)29-21(16-23(33)34)17-7-5-4-6-8-17/h9-15,17,21,31H,4-8,16H2,1-3H3,(H,29,35)(H,33,34). The van der Waals surface area contributed by atoms with E-state index in [1.54, 1.807) is 30.5 Å². The summed E-state index contributed by atoms with van der Waals surface area (Å²) >= 11 is 0. The number of carbonyl (C=O) groups is 2. The molecule has 1 aliphatic rings. The topological polar surface area (TPSA) is 95.7 Å². The molecule has 0 radical (unpaired) electrons. The smallest absolute Gasteiger partial charge is 0.305 e. The van der Waals surface area contributed by atoms with Crippen molar-refractivity contribution in [2.75, 3.05) is 5.32 Å². The van der Waals surface area contributed by atoms with Crippen LogP contribution in [0.4, 0.5) is 10.2 Å². The molecule has 8 heteroatoms. The van der Waals surface area contributed by atoms with Crippen LogP contribution in [-0.2, 0) is 4.79 Å². The molecule has 7 nitrogen and oxygen atoms in total. The second-order valence-electron chi connectivity index (χ2n) is 10.4. The van der Waals surface area contributed by atoms with Gasteiger partial charge in [0.25, 0.3) is 5.91 Å². The minimum Gasteiger partial charge on any atom is -0.481 e. The fraction of sp³-hybridized carbons (Fsp3) is 0.444. The fourth-order valence-electron chi connectivity index (χ4n) is 4.78. The quantitative estimate of drug-likeness (QED) is 0.415. The zero-order valence-corrected chi connectivity index (χ0v) is 20.5. The van der Waals surface area contributed by atoms with E-state index in [9.17, 15) is 19.1 Å². The minimum atomic E-state index is -0.911. The van der Waals surface area contributed by atoms with E-state index in [0.717, 1.165) is 43.5 Å². The number of benzene rings is 1. The van der Waals surface area contributed by atoms with Gasteiger partial charge in [0.15, 0.2) is 0 Å². The second-order valence-corrected chi connectivity index (χ2v) is 10.4. The number of rotatable bonds is 7. The highest BCUT2D eigenvalue weighted by molar-refractivity contribution is 5.96. The lowest BCUT2D eigenvalue weighted by atomic mass is 9.82. The number of nitrogens with one attached hydrogen (secondary N) is 2. The van der Waals surface area contributed by atoms with E-state index in [-0.39, 0.29) is 29.6 Å². The van der Waals surface area contributed by atoms with Crippen LogP contribution in [0.2, 0.25) is 0 Å². The summed E-state index contributed by atoms with van der Waals surface area (Å²) in [5.41, 5.74) is 2.14. The Kier molecular flexibility index (Phi) is 7.10. The number of hydrogen-bond acceptors (Lipinski definition) is 4. The molecular weight excluding hydrogens is 447 g/mol. The first kappa shape index (κ1) is 24.7. The molecule has 1 saturated carbocycles. The van der Waals surface area contributed by atoms with Gasteiger partial charge < -0.3 is 15.7 Å². The van der Waals surface area contributed by atoms with Gasteiger partial charge >= 0.3 is 5.97 Å². The second kappa shape index (κ2) is 10.1. The van der Waals surface area contributed by atoms with Gasteiger partial charge in [0.05, 0.1) is 6.42 Å². The zero-order valence-electron chi connectivity index (χ0n) is 20.5. The maximum absolute atomic E-state index is 13.5. The third-order valence-electron chi connectivity index (χ3n) is 6.43. The Morgan fingerprint density at radius 1 is 1.14 bits per heavy atom. The van der Waals surface area contributed by atoms with Crippen LogP contribution in [0.1, 0.15) is 69.7 Å². The summed E-state index contributed by atoms with van der Waals surface area (Å²) in [7, 11) is 0. The average molecular weight is 481 g/mol. The van der Waals surface area contributed by atoms with Crippen LogP contribution >= 0.6 is 0 Å². The number of anilines is 1. The van der Waals surface area contributed by atoms with E-state index in [1.807, 2.05) is 25.2 Å². The number of hydrogen-bond donors (Lipinski definition) is 3. The van der Waals surface area contributed by atoms with E-state index in [1.165, 1.54) is 12.1 Å². The lowest BCUT2D eigenvalue weighted by molar-refractivity contribution is -0.137. The molecule has 1 aliphatic carbocycles. The highest BCUT2D eigenvalue weighted by Gasteiger charge is 2.28. The van der Waals surface area contributed by atoms with Gasteiger partial charge in [-0.25, -0.2) is 9.37 Å². The number of nitrogens with zero attached hydrogens (tertiary/aromatic N) is 2. The highest BCUT2D eigenvalue weighted by Crippen LogP contribution is 2.32. The predicted molar refractivity (Wildman–Crippen MR) is 134 cm³/mol. The molecule has 3 aromatic rings. The van der Waals surface area contributed by atoms with Crippen molar-refractivity contribution in [1.29, 1.82) is 0 Å². The summed E-state index contributed by atoms with van der Waals surface area (Å²) in [6, 6.07) is 9.17. The maximum Gasteiger partial charge on any atom is 0.305 e. The lowest BCUT2D eigenvalue weighted by Crippen LogP contribution is -2.42. The molecule has 4 rings (SSSR count). The Hall–Kier alpha value is -3.42. The number of carbonyl (C=O) groups excluding carboxylic acids is 1. The first-order valence-corrected chi connectivity index (χ1v) is 12.2. The first-order valence-electron chi connectivity index (χ1n) is 12.2. The van der Waals surface area contributed by atoms with Crippen LogP contribution in [0.3, 0.4) is 0 Å². The Bertz CT molecular complexity index is 1210. The molecule has 0 aliphatic heterocycles. The largest absolute Gasteiger partial charge is 0.481 e. The Morgan fingerprint density at radius 3 is 2.46 bits per heavy atom. The summed E-state index contributed by atoms with van der Waals surface area (Å²) in [4.78, 5) is 29.4. The Labute approximate surface area is 204 Å². The minimum absolute atomic E-state index is 0.0869. The number of aromatic nitrogens is 2. The molecule has 1 fully saturated rings. The van der Waals surface area contributed by atoms with Crippen molar-refractivity contribution in [2.24, 2.45) is 5.92 Å². The highest BCUT2D eigenvalue weighted by atomic mass is 19.1. The van der Waals surface area contributed by atoms with Crippen molar-refractivity contribution < 1.29 is 19.1 Å². The van der Waals surface area contributed by atoms with Crippen LogP contribution in [-0.4, -0.2) is 37.9 Å². The molecule has 1 unspecified atom stereocenters. The third kappa shape index (κ3) is 5.99. The number of halogens is 1. The van der Waals surface area contributed by atoms with Crippen molar-refractivity contribution in [3.63, 3.8) is 0 Å². The van der Waals surface area contributed by atoms with Gasteiger partial charge in [-0.3, -0.25) is 14.0 Å². The summed E-state index contributed by atoms with van der Waals surface area (Å²) in [6.07, 6.45) is 6.84. The Morgan fingerprint density at radius 2 is 1.83 bits per heavy atom. The molecule has 3 N–H and O–H groups in total. The monoisotopic (exact) mass is 480 g/mol. The zero-order chi connectivity index (χ0) is 25.2. The van der Waals surface area contributed by atoms with Gasteiger partial charge in [-0.1, -0.05) is 19.3 Å². The molecule has 2 aromatic heterocycles. The summed E-state index contributed by atoms with van der Waals surface area (Å²) in [5.74, 6) is -0.619. The van der Waals surface area contributed by atoms with Gasteiger partial charge in [0.2, 0.25) is 0 Å². The van der Waals surface area contributed by atoms with E-state index in [0.29, 0.717) is 16.9 Å². The van der Waals surface area contributed by atoms with Crippen LogP contribution in [0, 0.1) is 11.7 Å². The molecule has 0 saturated heterocycles. The molecule has 186 valence electrons. The normalized spacial score (nSPS) is 15.7.